The molecule has 2 rings (SSSR count). The molecule has 0 spiro atoms. The summed E-state index contributed by atoms with van der Waals surface area (Å²) in [6.07, 6.45) is 6.56. The van der Waals surface area contributed by atoms with E-state index in [0.29, 0.717) is 11.7 Å². The Kier molecular flexibility index (Phi) is 3.60. The first kappa shape index (κ1) is 12.9. The Morgan fingerprint density at radius 1 is 1.39 bits per heavy atom. The van der Waals surface area contributed by atoms with E-state index in [1.54, 1.807) is 0 Å². The minimum Gasteiger partial charge on any atom is -0.513 e. The molecule has 0 aromatic heterocycles. The second-order valence-corrected chi connectivity index (χ2v) is 5.85. The highest BCUT2D eigenvalue weighted by atomic mass is 16.3. The van der Waals surface area contributed by atoms with Crippen molar-refractivity contribution < 1.29 is 5.11 Å². The molecule has 1 heteroatoms. The molecule has 0 unspecified atom stereocenters. The smallest absolute Gasteiger partial charge is 0.0887 e. The van der Waals surface area contributed by atoms with Crippen LogP contribution in [0.25, 0.3) is 6.08 Å². The van der Waals surface area contributed by atoms with Crippen LogP contribution in [0.5, 0.6) is 0 Å². The highest BCUT2D eigenvalue weighted by Gasteiger charge is 2.48. The zero-order valence-corrected chi connectivity index (χ0v) is 11.3. The maximum atomic E-state index is 9.52. The number of aliphatic hydroxyl groups is 1. The fraction of sp³-hybridized carbons (Fsp3) is 0.412. The third-order valence-corrected chi connectivity index (χ3v) is 4.40. The van der Waals surface area contributed by atoms with Crippen LogP contribution in [0.4, 0.5) is 0 Å². The third kappa shape index (κ3) is 2.50. The van der Waals surface area contributed by atoms with Gasteiger partial charge in [-0.25, -0.2) is 0 Å². The summed E-state index contributed by atoms with van der Waals surface area (Å²) in [5.41, 5.74) is 1.42. The van der Waals surface area contributed by atoms with Crippen molar-refractivity contribution in [1.82, 2.24) is 0 Å². The Bertz CT molecular complexity index is 442. The summed E-state index contributed by atoms with van der Waals surface area (Å²) in [4.78, 5) is 0. The van der Waals surface area contributed by atoms with Gasteiger partial charge >= 0.3 is 0 Å². The minimum absolute atomic E-state index is 0.173. The van der Waals surface area contributed by atoms with Crippen molar-refractivity contribution >= 4 is 6.08 Å². The lowest BCUT2D eigenvalue weighted by atomic mass is 9.53. The molecule has 1 aromatic rings. The van der Waals surface area contributed by atoms with Crippen LogP contribution in [-0.4, -0.2) is 5.11 Å². The lowest BCUT2D eigenvalue weighted by Gasteiger charge is -2.51. The highest BCUT2D eigenvalue weighted by Crippen LogP contribution is 2.55. The normalized spacial score (nSPS) is 25.9. The van der Waals surface area contributed by atoms with Gasteiger partial charge in [0.25, 0.3) is 0 Å². The predicted octanol–water partition coefficient (Wildman–Crippen LogP) is 4.82. The molecule has 1 aromatic carbocycles. The summed E-state index contributed by atoms with van der Waals surface area (Å²) in [5, 5.41) is 9.52. The molecule has 0 radical (unpaired) electrons. The van der Waals surface area contributed by atoms with Crippen molar-refractivity contribution in [3.05, 3.63) is 54.3 Å². The van der Waals surface area contributed by atoms with Crippen molar-refractivity contribution in [2.45, 2.75) is 26.7 Å². The van der Waals surface area contributed by atoms with E-state index in [1.165, 1.54) is 5.56 Å². The van der Waals surface area contributed by atoms with Gasteiger partial charge in [-0.15, -0.1) is 0 Å². The van der Waals surface area contributed by atoms with Gasteiger partial charge in [0.1, 0.15) is 0 Å². The van der Waals surface area contributed by atoms with Crippen molar-refractivity contribution in [3.8, 4) is 0 Å². The van der Waals surface area contributed by atoms with E-state index >= 15 is 0 Å². The Balaban J connectivity index is 1.90. The molecule has 1 aliphatic rings. The van der Waals surface area contributed by atoms with Gasteiger partial charge in [-0.05, 0) is 29.7 Å². The summed E-state index contributed by atoms with van der Waals surface area (Å²) in [5.74, 6) is 1.27. The largest absolute Gasteiger partial charge is 0.513 e. The number of allylic oxidation sites excluding steroid dienone is 2. The van der Waals surface area contributed by atoms with Crippen LogP contribution in [0.2, 0.25) is 0 Å². The average Bonchev–Trinajstić information content (AvgIpc) is 2.33. The molecule has 1 saturated carbocycles. The van der Waals surface area contributed by atoms with Gasteiger partial charge in [-0.3, -0.25) is 0 Å². The number of hydrogen-bond acceptors (Lipinski definition) is 1. The van der Waals surface area contributed by atoms with E-state index in [4.69, 9.17) is 0 Å². The molecule has 0 aliphatic heterocycles. The number of aliphatic hydroxyl groups excluding tert-OH is 1. The first-order valence-electron chi connectivity index (χ1n) is 6.61. The maximum absolute atomic E-state index is 9.52. The van der Waals surface area contributed by atoms with Gasteiger partial charge in [0, 0.05) is 5.92 Å². The van der Waals surface area contributed by atoms with Crippen molar-refractivity contribution in [3.63, 3.8) is 0 Å². The fourth-order valence-corrected chi connectivity index (χ4v) is 2.91. The van der Waals surface area contributed by atoms with E-state index in [-0.39, 0.29) is 11.3 Å². The maximum Gasteiger partial charge on any atom is 0.0887 e. The van der Waals surface area contributed by atoms with Crippen LogP contribution < -0.4 is 0 Å². The Morgan fingerprint density at radius 2 is 2.06 bits per heavy atom. The van der Waals surface area contributed by atoms with Crippen LogP contribution in [-0.2, 0) is 0 Å². The van der Waals surface area contributed by atoms with Gasteiger partial charge in [0.05, 0.1) is 5.76 Å². The Labute approximate surface area is 110 Å². The molecule has 0 bridgehead atoms. The molecule has 1 nitrogen and oxygen atoms in total. The van der Waals surface area contributed by atoms with Crippen LogP contribution in [0.1, 0.15) is 32.3 Å². The summed E-state index contributed by atoms with van der Waals surface area (Å²) < 4.78 is 0. The molecule has 18 heavy (non-hydrogen) atoms. The third-order valence-electron chi connectivity index (χ3n) is 4.40. The van der Waals surface area contributed by atoms with Gasteiger partial charge in [-0.2, -0.15) is 0 Å². The van der Waals surface area contributed by atoms with E-state index in [0.717, 1.165) is 12.8 Å². The van der Waals surface area contributed by atoms with Gasteiger partial charge in [0.2, 0.25) is 0 Å². The zero-order chi connectivity index (χ0) is 13.2. The van der Waals surface area contributed by atoms with Crippen molar-refractivity contribution in [1.29, 1.82) is 0 Å². The molecule has 96 valence electrons. The SMILES string of the molecule is C=C(O)[C@@H]1C[C@H](C/C=C\c2ccccc2)C1(C)C. The summed E-state index contributed by atoms with van der Waals surface area (Å²) in [7, 11) is 0. The molecular formula is C17H22O. The van der Waals surface area contributed by atoms with E-state index in [2.05, 4.69) is 56.8 Å². The minimum atomic E-state index is 0.173. The lowest BCUT2D eigenvalue weighted by molar-refractivity contribution is -0.0166. The molecule has 1 aliphatic carbocycles. The standard InChI is InChI=1S/C17H22O/c1-13(18)16-12-15(17(16,2)3)11-7-10-14-8-5-4-6-9-14/h4-10,15-16,18H,1,11-12H2,2-3H3/b10-7-/t15-,16-/m0/s1. The van der Waals surface area contributed by atoms with Gasteiger partial charge in [0.15, 0.2) is 0 Å². The van der Waals surface area contributed by atoms with Crippen LogP contribution in [0.15, 0.2) is 48.7 Å². The first-order chi connectivity index (χ1) is 8.51. The first-order valence-corrected chi connectivity index (χ1v) is 6.61. The molecule has 0 amide bonds. The van der Waals surface area contributed by atoms with Crippen LogP contribution in [0, 0.1) is 17.3 Å². The quantitative estimate of drug-likeness (QED) is 0.750. The monoisotopic (exact) mass is 242 g/mol. The fourth-order valence-electron chi connectivity index (χ4n) is 2.91. The van der Waals surface area contributed by atoms with Gasteiger partial charge in [-0.1, -0.05) is 62.9 Å². The molecule has 1 fully saturated rings. The lowest BCUT2D eigenvalue weighted by Crippen LogP contribution is -2.45. The predicted molar refractivity (Wildman–Crippen MR) is 77.2 cm³/mol. The number of rotatable bonds is 4. The summed E-state index contributed by atoms with van der Waals surface area (Å²) >= 11 is 0. The van der Waals surface area contributed by atoms with E-state index in [9.17, 15) is 5.11 Å². The molecule has 2 atom stereocenters. The molecule has 0 heterocycles. The molecule has 1 N–H and O–H groups in total. The molecule has 0 saturated heterocycles. The Hall–Kier alpha value is -1.50. The molecular weight excluding hydrogens is 220 g/mol. The second-order valence-electron chi connectivity index (χ2n) is 5.85. The highest BCUT2D eigenvalue weighted by molar-refractivity contribution is 5.48. The van der Waals surface area contributed by atoms with E-state index < -0.39 is 0 Å². The number of hydrogen-bond donors (Lipinski definition) is 1. The van der Waals surface area contributed by atoms with Crippen molar-refractivity contribution in [2.24, 2.45) is 17.3 Å². The second kappa shape index (κ2) is 5.01. The van der Waals surface area contributed by atoms with Crippen molar-refractivity contribution in [2.75, 3.05) is 0 Å². The topological polar surface area (TPSA) is 20.2 Å². The van der Waals surface area contributed by atoms with Gasteiger partial charge < -0.3 is 5.11 Å². The number of benzene rings is 1. The summed E-state index contributed by atoms with van der Waals surface area (Å²) in [6.45, 7) is 8.12. The average molecular weight is 242 g/mol. The Morgan fingerprint density at radius 3 is 2.61 bits per heavy atom. The van der Waals surface area contributed by atoms with E-state index in [1.807, 2.05) is 6.07 Å². The zero-order valence-electron chi connectivity index (χ0n) is 11.3. The summed E-state index contributed by atoms with van der Waals surface area (Å²) in [6, 6.07) is 10.4. The van der Waals surface area contributed by atoms with Crippen LogP contribution >= 0.6 is 0 Å². The van der Waals surface area contributed by atoms with Crippen LogP contribution in [0.3, 0.4) is 0 Å².